The summed E-state index contributed by atoms with van der Waals surface area (Å²) < 4.78 is 0. The van der Waals surface area contributed by atoms with E-state index in [0.29, 0.717) is 40.7 Å². The third-order valence-corrected chi connectivity index (χ3v) is 11.2. The first-order valence-corrected chi connectivity index (χ1v) is 19.9. The summed E-state index contributed by atoms with van der Waals surface area (Å²) >= 11 is 0. The van der Waals surface area contributed by atoms with E-state index in [2.05, 4.69) is 119 Å². The van der Waals surface area contributed by atoms with Crippen LogP contribution in [0.4, 0.5) is 0 Å². The summed E-state index contributed by atoms with van der Waals surface area (Å²) in [5.74, 6) is 0. The van der Waals surface area contributed by atoms with Crippen LogP contribution >= 0.6 is 0 Å². The van der Waals surface area contributed by atoms with E-state index in [4.69, 9.17) is 19.9 Å². The molecule has 2 aliphatic rings. The second-order valence-electron chi connectivity index (χ2n) is 19.7. The third-order valence-electron chi connectivity index (χ3n) is 11.2. The zero-order valence-electron chi connectivity index (χ0n) is 36.0. The third kappa shape index (κ3) is 8.29. The van der Waals surface area contributed by atoms with Crippen molar-refractivity contribution < 1.29 is 29.4 Å². The molecule has 2 aliphatic heterocycles. The zero-order chi connectivity index (χ0) is 40.5. The van der Waals surface area contributed by atoms with Crippen LogP contribution in [0.1, 0.15) is 144 Å². The maximum absolute atomic E-state index is 13.1. The predicted octanol–water partition coefficient (Wildman–Crippen LogP) is 11.4. The van der Waals surface area contributed by atoms with Crippen molar-refractivity contribution in [1.82, 2.24) is 19.9 Å². The number of aliphatic hydroxyl groups is 1. The maximum Gasteiger partial charge on any atom is 2.00 e. The number of benzene rings is 2. The largest absolute Gasteiger partial charge is 2.00 e. The summed E-state index contributed by atoms with van der Waals surface area (Å²) in [6, 6.07) is 21.6. The maximum atomic E-state index is 13.1. The summed E-state index contributed by atoms with van der Waals surface area (Å²) in [6.07, 6.45) is 6.14. The number of aryl methyl sites for hydroxylation is 2. The number of hydrogen-bond donors (Lipinski definition) is 1. The first-order chi connectivity index (χ1) is 26.1. The van der Waals surface area contributed by atoms with Gasteiger partial charge in [0.2, 0.25) is 0 Å². The molecule has 2 aromatic carbocycles. The molecule has 3 aromatic heterocycles. The molecule has 57 heavy (non-hydrogen) atoms. The molecule has 290 valence electrons. The fourth-order valence-electron chi connectivity index (χ4n) is 7.61. The van der Waals surface area contributed by atoms with Gasteiger partial charge in [0.1, 0.15) is 0 Å². The minimum Gasteiger partial charge on any atom is -0.657 e. The molecule has 0 amide bonds. The van der Waals surface area contributed by atoms with Gasteiger partial charge < -0.3 is 15.1 Å². The van der Waals surface area contributed by atoms with Crippen LogP contribution in [0.3, 0.4) is 0 Å². The average molecular weight is 810 g/mol. The van der Waals surface area contributed by atoms with Crippen LogP contribution < -0.4 is 9.97 Å². The van der Waals surface area contributed by atoms with E-state index in [-0.39, 0.29) is 47.7 Å². The first kappa shape index (κ1) is 42.2. The van der Waals surface area contributed by atoms with Gasteiger partial charge in [0.05, 0.1) is 23.7 Å². The van der Waals surface area contributed by atoms with Crippen molar-refractivity contribution in [3.63, 3.8) is 0 Å². The fourth-order valence-corrected chi connectivity index (χ4v) is 7.61. The molecule has 5 heterocycles. The molecule has 0 unspecified atom stereocenters. The Morgan fingerprint density at radius 3 is 1.47 bits per heavy atom. The number of nitrogens with zero attached hydrogens (tertiary/aromatic N) is 4. The van der Waals surface area contributed by atoms with Crippen molar-refractivity contribution in [2.45, 2.75) is 124 Å². The molecule has 0 saturated heterocycles. The van der Waals surface area contributed by atoms with E-state index >= 15 is 0 Å². The van der Waals surface area contributed by atoms with Crippen molar-refractivity contribution >= 4 is 40.5 Å². The fraction of sp³-hybridized carbons (Fsp3) is 0.380. The Bertz CT molecular complexity index is 2510. The molecule has 8 bridgehead atoms. The van der Waals surface area contributed by atoms with E-state index in [9.17, 15) is 9.90 Å². The molecule has 7 rings (SSSR count). The Morgan fingerprint density at radius 2 is 0.982 bits per heavy atom. The van der Waals surface area contributed by atoms with Crippen LogP contribution in [0.5, 0.6) is 0 Å². The summed E-state index contributed by atoms with van der Waals surface area (Å²) in [5.41, 5.74) is 15.3. The Morgan fingerprint density at radius 1 is 0.561 bits per heavy atom. The van der Waals surface area contributed by atoms with Crippen molar-refractivity contribution in [2.24, 2.45) is 0 Å². The predicted molar refractivity (Wildman–Crippen MR) is 232 cm³/mol. The number of fused-ring (bicyclic) bond motifs is 8. The van der Waals surface area contributed by atoms with E-state index < -0.39 is 0 Å². The SMILES string of the molecule is CC(C)(C)c1cc(-c2c3nc(c(CO)c4ccc([n-]4)c(-c4cc(C(C)(C)C)cc(C(C)(C)C)c4)c4nc(c(C=O)c5ccc2[n-]5)CC4)C=C3)cc(C(C)(C)C)c1.[Zn+2]. The van der Waals surface area contributed by atoms with E-state index in [1.807, 2.05) is 36.4 Å². The number of hydrogen-bond acceptors (Lipinski definition) is 4. The molecule has 0 fully saturated rings. The average Bonchev–Trinajstić information content (AvgIpc) is 3.94. The first-order valence-electron chi connectivity index (χ1n) is 19.9. The molecule has 0 aliphatic carbocycles. The summed E-state index contributed by atoms with van der Waals surface area (Å²) in [7, 11) is 0. The van der Waals surface area contributed by atoms with Gasteiger partial charge >= 0.3 is 19.5 Å². The van der Waals surface area contributed by atoms with Crippen molar-refractivity contribution in [2.75, 3.05) is 0 Å². The normalized spacial score (nSPS) is 13.5. The molecule has 5 aromatic rings. The quantitative estimate of drug-likeness (QED) is 0.141. The molecule has 0 spiro atoms. The number of aromatic nitrogens is 4. The summed E-state index contributed by atoms with van der Waals surface area (Å²) in [6.45, 7) is 26.6. The number of rotatable bonds is 4. The molecule has 7 heteroatoms. The van der Waals surface area contributed by atoms with Gasteiger partial charge in [-0.05, 0) is 96.7 Å². The van der Waals surface area contributed by atoms with Gasteiger partial charge in [-0.2, -0.15) is 0 Å². The molecule has 0 atom stereocenters. The van der Waals surface area contributed by atoms with Gasteiger partial charge in [-0.3, -0.25) is 9.78 Å². The second kappa shape index (κ2) is 15.1. The Balaban J connectivity index is 0.00000549. The number of carbonyl (C=O) groups is 1. The van der Waals surface area contributed by atoms with Crippen LogP contribution in [0.25, 0.3) is 56.5 Å². The Kier molecular flexibility index (Phi) is 11.1. The molecular weight excluding hydrogens is 754 g/mol. The van der Waals surface area contributed by atoms with Crippen LogP contribution in [0.15, 0.2) is 60.7 Å². The van der Waals surface area contributed by atoms with Gasteiger partial charge in [0.15, 0.2) is 6.29 Å². The number of aliphatic hydroxyl groups excluding tert-OH is 1. The molecule has 0 saturated carbocycles. The van der Waals surface area contributed by atoms with Crippen LogP contribution in [0, 0.1) is 0 Å². The summed E-state index contributed by atoms with van der Waals surface area (Å²) in [4.78, 5) is 33.9. The van der Waals surface area contributed by atoms with Crippen molar-refractivity contribution in [3.05, 3.63) is 117 Å². The van der Waals surface area contributed by atoms with E-state index in [1.54, 1.807) is 0 Å². The van der Waals surface area contributed by atoms with Crippen LogP contribution in [0.2, 0.25) is 0 Å². The Hall–Kier alpha value is -4.45. The van der Waals surface area contributed by atoms with Gasteiger partial charge in [-0.1, -0.05) is 144 Å². The van der Waals surface area contributed by atoms with E-state index in [0.717, 1.165) is 56.7 Å². The molecule has 6 nitrogen and oxygen atoms in total. The Labute approximate surface area is 351 Å². The topological polar surface area (TPSA) is 91.3 Å². The van der Waals surface area contributed by atoms with Crippen LogP contribution in [-0.4, -0.2) is 21.4 Å². The van der Waals surface area contributed by atoms with Crippen molar-refractivity contribution in [1.29, 1.82) is 0 Å². The van der Waals surface area contributed by atoms with Gasteiger partial charge in [-0.15, -0.1) is 22.1 Å². The van der Waals surface area contributed by atoms with Crippen molar-refractivity contribution in [3.8, 4) is 22.3 Å². The molecule has 0 radical (unpaired) electrons. The molecular formula is C50H56N4O2Zn. The smallest absolute Gasteiger partial charge is 0.657 e. The second-order valence-corrected chi connectivity index (χ2v) is 19.7. The van der Waals surface area contributed by atoms with Crippen LogP contribution in [-0.2, 0) is 60.6 Å². The minimum absolute atomic E-state index is 0. The standard InChI is InChI=1S/C50H57N4O2.Zn/c1-47(2,3)31-21-29(22-32(25-31)48(4,5)6)45-41-17-13-37(51-41)35(27-55)39-15-19-43(53-39)46(30-23-33(49(7,8)9)26-34(24-30)50(10,11)12)44-20-16-40(54-44)36(28-56)38-14-18-42(45)52-38;/h13-15,17-19,21-26,28,55H,16,20,27H2,1-12H3,(H-,51,52,53,54,56);/q-1;+2/p-1. The number of aldehydes is 1. The zero-order valence-corrected chi connectivity index (χ0v) is 38.9. The summed E-state index contributed by atoms with van der Waals surface area (Å²) in [5, 5.41) is 11.0. The van der Waals surface area contributed by atoms with E-state index in [1.165, 1.54) is 22.3 Å². The molecule has 1 N–H and O–H groups in total. The number of carbonyl (C=O) groups excluding carboxylic acids is 1. The minimum atomic E-state index is -0.228. The monoisotopic (exact) mass is 808 g/mol. The van der Waals surface area contributed by atoms with Gasteiger partial charge in [0.25, 0.3) is 0 Å². The van der Waals surface area contributed by atoms with Gasteiger partial charge in [-0.25, -0.2) is 4.98 Å². The van der Waals surface area contributed by atoms with Gasteiger partial charge in [0, 0.05) is 11.3 Å².